The highest BCUT2D eigenvalue weighted by atomic mass is 16.1. The Morgan fingerprint density at radius 2 is 2.09 bits per heavy atom. The van der Waals surface area contributed by atoms with Crippen molar-refractivity contribution in [2.75, 3.05) is 0 Å². The van der Waals surface area contributed by atoms with Gasteiger partial charge in [-0.2, -0.15) is 5.10 Å². The van der Waals surface area contributed by atoms with Crippen LogP contribution in [-0.2, 0) is 0 Å². The largest absolute Gasteiger partial charge is 0.349 e. The number of hydrogen-bond donors (Lipinski definition) is 2. The highest BCUT2D eigenvalue weighted by Gasteiger charge is 2.20. The summed E-state index contributed by atoms with van der Waals surface area (Å²) in [6, 6.07) is 6.14. The van der Waals surface area contributed by atoms with Gasteiger partial charge >= 0.3 is 0 Å². The van der Waals surface area contributed by atoms with E-state index in [9.17, 15) is 4.79 Å². The Hall–Kier alpha value is -2.21. The van der Waals surface area contributed by atoms with E-state index in [0.717, 1.165) is 36.9 Å². The highest BCUT2D eigenvalue weighted by Crippen LogP contribution is 2.19. The molecule has 1 heterocycles. The molecule has 22 heavy (non-hydrogen) atoms. The van der Waals surface area contributed by atoms with Crippen LogP contribution < -0.4 is 11.1 Å². The van der Waals surface area contributed by atoms with Crippen molar-refractivity contribution >= 4 is 5.91 Å². The van der Waals surface area contributed by atoms with Crippen LogP contribution >= 0.6 is 0 Å². The maximum absolute atomic E-state index is 12.4. The quantitative estimate of drug-likeness (QED) is 0.901. The van der Waals surface area contributed by atoms with Crippen LogP contribution in [0.5, 0.6) is 0 Å². The topological polar surface area (TPSA) is 85.8 Å². The molecule has 1 saturated carbocycles. The average molecular weight is 299 g/mol. The predicted molar refractivity (Wildman–Crippen MR) is 83.8 cm³/mol. The number of aromatic nitrogens is 3. The number of nitrogens with two attached hydrogens (primary N) is 1. The molecule has 6 heteroatoms. The summed E-state index contributed by atoms with van der Waals surface area (Å²) in [7, 11) is 0. The van der Waals surface area contributed by atoms with Gasteiger partial charge in [0, 0.05) is 17.6 Å². The maximum Gasteiger partial charge on any atom is 0.251 e. The van der Waals surface area contributed by atoms with Crippen LogP contribution in [0.1, 0.15) is 41.6 Å². The zero-order valence-electron chi connectivity index (χ0n) is 12.7. The number of hydrogen-bond acceptors (Lipinski definition) is 4. The van der Waals surface area contributed by atoms with Crippen molar-refractivity contribution in [1.29, 1.82) is 0 Å². The molecule has 1 aliphatic rings. The van der Waals surface area contributed by atoms with Gasteiger partial charge in [0.2, 0.25) is 0 Å². The summed E-state index contributed by atoms with van der Waals surface area (Å²) in [4.78, 5) is 16.3. The zero-order chi connectivity index (χ0) is 15.5. The monoisotopic (exact) mass is 299 g/mol. The number of nitrogens with zero attached hydrogens (tertiary/aromatic N) is 3. The molecule has 3 rings (SSSR count). The molecule has 1 aromatic heterocycles. The van der Waals surface area contributed by atoms with E-state index in [1.54, 1.807) is 11.0 Å². The van der Waals surface area contributed by atoms with E-state index < -0.39 is 0 Å². The van der Waals surface area contributed by atoms with E-state index in [1.807, 2.05) is 25.1 Å². The lowest BCUT2D eigenvalue weighted by molar-refractivity contribution is 0.0926. The fourth-order valence-corrected chi connectivity index (χ4v) is 2.92. The van der Waals surface area contributed by atoms with Crippen molar-refractivity contribution < 1.29 is 4.79 Å². The normalized spacial score (nSPS) is 21.5. The van der Waals surface area contributed by atoms with Crippen LogP contribution in [0.3, 0.4) is 0 Å². The van der Waals surface area contributed by atoms with Gasteiger partial charge < -0.3 is 11.1 Å². The third-order valence-corrected chi connectivity index (χ3v) is 4.23. The minimum atomic E-state index is -0.0197. The molecule has 1 fully saturated rings. The molecule has 2 aromatic rings. The first-order valence-corrected chi connectivity index (χ1v) is 7.65. The van der Waals surface area contributed by atoms with Crippen molar-refractivity contribution in [2.45, 2.75) is 44.7 Å². The lowest BCUT2D eigenvalue weighted by atomic mass is 9.91. The zero-order valence-corrected chi connectivity index (χ0v) is 12.7. The number of nitrogens with one attached hydrogen (secondary N) is 1. The molecule has 1 aromatic carbocycles. The molecule has 3 N–H and O–H groups in total. The summed E-state index contributed by atoms with van der Waals surface area (Å²) in [6.45, 7) is 1.97. The molecule has 1 amide bonds. The first kappa shape index (κ1) is 14.7. The third kappa shape index (κ3) is 3.17. The van der Waals surface area contributed by atoms with Gasteiger partial charge in [0.25, 0.3) is 5.91 Å². The van der Waals surface area contributed by atoms with Gasteiger partial charge in [0.15, 0.2) is 0 Å². The fraction of sp³-hybridized carbons (Fsp3) is 0.438. The first-order valence-electron chi connectivity index (χ1n) is 7.65. The Balaban J connectivity index is 1.69. The summed E-state index contributed by atoms with van der Waals surface area (Å²) in [5.41, 5.74) is 8.49. The van der Waals surface area contributed by atoms with E-state index in [1.165, 1.54) is 6.33 Å². The lowest BCUT2D eigenvalue weighted by Gasteiger charge is -2.26. The molecule has 0 saturated heterocycles. The summed E-state index contributed by atoms with van der Waals surface area (Å²) in [5.74, 6) is -0.0197. The van der Waals surface area contributed by atoms with Gasteiger partial charge in [-0.1, -0.05) is 0 Å². The van der Waals surface area contributed by atoms with Gasteiger partial charge in [-0.15, -0.1) is 0 Å². The summed E-state index contributed by atoms with van der Waals surface area (Å²) < 4.78 is 1.69. The van der Waals surface area contributed by atoms with Crippen molar-refractivity contribution in [2.24, 2.45) is 5.73 Å². The van der Waals surface area contributed by atoms with Gasteiger partial charge in [-0.3, -0.25) is 4.79 Å². The second kappa shape index (κ2) is 6.27. The van der Waals surface area contributed by atoms with Crippen LogP contribution in [0.15, 0.2) is 30.9 Å². The van der Waals surface area contributed by atoms with E-state index in [0.29, 0.717) is 5.56 Å². The van der Waals surface area contributed by atoms with Crippen molar-refractivity contribution in [1.82, 2.24) is 20.1 Å². The van der Waals surface area contributed by atoms with E-state index in [4.69, 9.17) is 5.73 Å². The summed E-state index contributed by atoms with van der Waals surface area (Å²) >= 11 is 0. The molecule has 0 atom stereocenters. The van der Waals surface area contributed by atoms with Crippen molar-refractivity contribution in [3.63, 3.8) is 0 Å². The van der Waals surface area contributed by atoms with Crippen molar-refractivity contribution in [3.8, 4) is 5.69 Å². The van der Waals surface area contributed by atoms with Crippen LogP contribution in [-0.4, -0.2) is 32.8 Å². The molecular weight excluding hydrogens is 278 g/mol. The molecule has 1 aliphatic carbocycles. The fourth-order valence-electron chi connectivity index (χ4n) is 2.92. The number of aryl methyl sites for hydroxylation is 1. The molecule has 0 unspecified atom stereocenters. The Morgan fingerprint density at radius 3 is 2.73 bits per heavy atom. The van der Waals surface area contributed by atoms with E-state index >= 15 is 0 Å². The minimum absolute atomic E-state index is 0.0197. The number of amides is 1. The van der Waals surface area contributed by atoms with E-state index in [2.05, 4.69) is 15.4 Å². The van der Waals surface area contributed by atoms with Gasteiger partial charge in [0.05, 0.1) is 5.69 Å². The molecule has 0 radical (unpaired) electrons. The van der Waals surface area contributed by atoms with Gasteiger partial charge in [-0.05, 0) is 56.4 Å². The lowest BCUT2D eigenvalue weighted by Crippen LogP contribution is -2.40. The number of rotatable bonds is 3. The smallest absolute Gasteiger partial charge is 0.251 e. The Kier molecular flexibility index (Phi) is 4.20. The second-order valence-corrected chi connectivity index (χ2v) is 5.93. The molecule has 0 bridgehead atoms. The summed E-state index contributed by atoms with van der Waals surface area (Å²) in [6.07, 6.45) is 7.03. The summed E-state index contributed by atoms with van der Waals surface area (Å²) in [5, 5.41) is 7.22. The number of carbonyl (C=O) groups excluding carboxylic acids is 1. The molecule has 116 valence electrons. The average Bonchev–Trinajstić information content (AvgIpc) is 3.03. The van der Waals surface area contributed by atoms with Gasteiger partial charge in [0.1, 0.15) is 12.7 Å². The molecular formula is C16H21N5O. The molecule has 6 nitrogen and oxygen atoms in total. The predicted octanol–water partition coefficient (Wildman–Crippen LogP) is 1.58. The number of benzene rings is 1. The highest BCUT2D eigenvalue weighted by molar-refractivity contribution is 5.94. The SMILES string of the molecule is Cc1cc(C(=O)NC2CCC(N)CC2)ccc1-n1cncn1. The van der Waals surface area contributed by atoms with Crippen LogP contribution in [0, 0.1) is 6.92 Å². The number of carbonyl (C=O) groups is 1. The van der Waals surface area contributed by atoms with E-state index in [-0.39, 0.29) is 18.0 Å². The van der Waals surface area contributed by atoms with Gasteiger partial charge in [-0.25, -0.2) is 9.67 Å². The van der Waals surface area contributed by atoms with Crippen LogP contribution in [0.4, 0.5) is 0 Å². The maximum atomic E-state index is 12.4. The molecule has 0 aliphatic heterocycles. The van der Waals surface area contributed by atoms with Crippen molar-refractivity contribution in [3.05, 3.63) is 42.0 Å². The van der Waals surface area contributed by atoms with Crippen LogP contribution in [0.2, 0.25) is 0 Å². The molecule has 0 spiro atoms. The Bertz CT molecular complexity index is 645. The Morgan fingerprint density at radius 1 is 1.32 bits per heavy atom. The second-order valence-electron chi connectivity index (χ2n) is 5.93. The van der Waals surface area contributed by atoms with Crippen LogP contribution in [0.25, 0.3) is 5.69 Å². The minimum Gasteiger partial charge on any atom is -0.349 e. The first-order chi connectivity index (χ1) is 10.6. The third-order valence-electron chi connectivity index (χ3n) is 4.23. The standard InChI is InChI=1S/C16H21N5O/c1-11-8-12(2-7-15(11)21-10-18-9-19-21)16(22)20-14-5-3-13(17)4-6-14/h2,7-10,13-14H,3-6,17H2,1H3,(H,20,22). The Labute approximate surface area is 129 Å².